The molecule has 7 nitrogen and oxygen atoms in total. The van der Waals surface area contributed by atoms with Crippen molar-refractivity contribution in [2.24, 2.45) is 0 Å². The molecule has 0 aliphatic carbocycles. The molecule has 0 radical (unpaired) electrons. The lowest BCUT2D eigenvalue weighted by atomic mass is 9.99. The summed E-state index contributed by atoms with van der Waals surface area (Å²) < 4.78 is 6.27. The van der Waals surface area contributed by atoms with Crippen LogP contribution >= 0.6 is 27.3 Å². The zero-order chi connectivity index (χ0) is 23.7. The van der Waals surface area contributed by atoms with Gasteiger partial charge in [-0.1, -0.05) is 40.2 Å². The van der Waals surface area contributed by atoms with Crippen molar-refractivity contribution in [3.8, 4) is 11.3 Å². The Labute approximate surface area is 207 Å². The summed E-state index contributed by atoms with van der Waals surface area (Å²) in [5.74, 6) is -0.328. The summed E-state index contributed by atoms with van der Waals surface area (Å²) in [6.07, 6.45) is 1.03. The summed E-state index contributed by atoms with van der Waals surface area (Å²) in [4.78, 5) is 43.6. The van der Waals surface area contributed by atoms with E-state index >= 15 is 0 Å². The minimum Gasteiger partial charge on any atom is -0.422 e. The third-order valence-corrected chi connectivity index (χ3v) is 7.02. The second-order valence-electron chi connectivity index (χ2n) is 8.05. The highest BCUT2D eigenvalue weighted by Crippen LogP contribution is 2.27. The molecule has 2 aromatic heterocycles. The number of rotatable bonds is 5. The van der Waals surface area contributed by atoms with Gasteiger partial charge in [-0.05, 0) is 41.8 Å². The minimum atomic E-state index is -0.494. The molecule has 172 valence electrons. The molecule has 9 heteroatoms. The van der Waals surface area contributed by atoms with Gasteiger partial charge in [0.25, 0.3) is 0 Å². The van der Waals surface area contributed by atoms with Crippen LogP contribution in [0.3, 0.4) is 0 Å². The fourth-order valence-electron chi connectivity index (χ4n) is 4.00. The normalized spacial score (nSPS) is 13.0. The minimum absolute atomic E-state index is 0.0376. The Bertz CT molecular complexity index is 1460. The number of hydrogen-bond donors (Lipinski definition) is 1. The zero-order valence-corrected chi connectivity index (χ0v) is 20.4. The zero-order valence-electron chi connectivity index (χ0n) is 18.0. The van der Waals surface area contributed by atoms with Crippen LogP contribution in [-0.4, -0.2) is 28.2 Å². The molecule has 2 amide bonds. The van der Waals surface area contributed by atoms with Crippen molar-refractivity contribution in [1.29, 1.82) is 0 Å². The van der Waals surface area contributed by atoms with Gasteiger partial charge in [0.15, 0.2) is 5.13 Å². The van der Waals surface area contributed by atoms with Crippen LogP contribution < -0.4 is 10.9 Å². The quantitative estimate of drug-likeness (QED) is 0.362. The van der Waals surface area contributed by atoms with Gasteiger partial charge in [-0.15, -0.1) is 11.3 Å². The number of nitrogens with zero attached hydrogens (tertiary/aromatic N) is 2. The summed E-state index contributed by atoms with van der Waals surface area (Å²) in [6.45, 7) is 1.25. The third-order valence-electron chi connectivity index (χ3n) is 5.77. The summed E-state index contributed by atoms with van der Waals surface area (Å²) in [7, 11) is 0. The van der Waals surface area contributed by atoms with E-state index in [0.717, 1.165) is 21.8 Å². The summed E-state index contributed by atoms with van der Waals surface area (Å²) >= 11 is 4.63. The fraction of sp³-hybridized carbons (Fsp3) is 0.200. The first-order chi connectivity index (χ1) is 16.5. The van der Waals surface area contributed by atoms with E-state index in [1.54, 1.807) is 28.5 Å². The van der Waals surface area contributed by atoms with E-state index in [2.05, 4.69) is 32.3 Å². The van der Waals surface area contributed by atoms with E-state index in [9.17, 15) is 14.4 Å². The lowest BCUT2D eigenvalue weighted by Crippen LogP contribution is -2.36. The molecule has 0 fully saturated rings. The van der Waals surface area contributed by atoms with Crippen LogP contribution in [0.4, 0.5) is 5.13 Å². The van der Waals surface area contributed by atoms with Crippen LogP contribution in [0, 0.1) is 0 Å². The molecule has 1 aliphatic heterocycles. The van der Waals surface area contributed by atoms with Crippen molar-refractivity contribution in [2.75, 3.05) is 11.9 Å². The molecule has 2 aromatic carbocycles. The standard InChI is InChI=1S/C25H20BrN3O4S/c26-18-5-6-21-17(11-18)12-19(24(32)33-21)20-14-34-25(27-20)28-22(30)7-8-23(31)29-10-9-15-3-1-2-4-16(15)13-29/h1-6,11-12,14H,7-10,13H2,(H,27,28,30). The molecule has 5 rings (SSSR count). The van der Waals surface area contributed by atoms with Gasteiger partial charge in [0.2, 0.25) is 11.8 Å². The monoisotopic (exact) mass is 537 g/mol. The second-order valence-corrected chi connectivity index (χ2v) is 9.82. The number of carbonyl (C=O) groups excluding carboxylic acids is 2. The first-order valence-corrected chi connectivity index (χ1v) is 12.5. The van der Waals surface area contributed by atoms with Gasteiger partial charge < -0.3 is 14.6 Å². The molecule has 3 heterocycles. The topological polar surface area (TPSA) is 92.5 Å². The molecule has 1 N–H and O–H groups in total. The number of amides is 2. The van der Waals surface area contributed by atoms with Gasteiger partial charge in [0, 0.05) is 41.2 Å². The van der Waals surface area contributed by atoms with Crippen LogP contribution in [-0.2, 0) is 22.6 Å². The molecule has 4 aromatic rings. The molecule has 0 spiro atoms. The van der Waals surface area contributed by atoms with E-state index < -0.39 is 5.63 Å². The van der Waals surface area contributed by atoms with Gasteiger partial charge in [0.1, 0.15) is 5.58 Å². The Balaban J connectivity index is 1.20. The molecule has 0 bridgehead atoms. The molecule has 0 unspecified atom stereocenters. The van der Waals surface area contributed by atoms with Gasteiger partial charge >= 0.3 is 5.63 Å². The molecule has 34 heavy (non-hydrogen) atoms. The van der Waals surface area contributed by atoms with Crippen LogP contribution in [0.25, 0.3) is 22.2 Å². The summed E-state index contributed by atoms with van der Waals surface area (Å²) in [5, 5.41) is 5.56. The highest BCUT2D eigenvalue weighted by molar-refractivity contribution is 9.10. The maximum Gasteiger partial charge on any atom is 0.345 e. The molecule has 0 saturated heterocycles. The van der Waals surface area contributed by atoms with Gasteiger partial charge in [-0.3, -0.25) is 9.59 Å². The highest BCUT2D eigenvalue weighted by Gasteiger charge is 2.21. The van der Waals surface area contributed by atoms with E-state index in [4.69, 9.17) is 4.42 Å². The molecular formula is C25H20BrN3O4S. The number of anilines is 1. The Morgan fingerprint density at radius 1 is 1.12 bits per heavy atom. The molecule has 0 atom stereocenters. The Kier molecular flexibility index (Phi) is 6.30. The fourth-order valence-corrected chi connectivity index (χ4v) is 5.10. The summed E-state index contributed by atoms with van der Waals surface area (Å²) in [5.41, 5.74) is 3.18. The molecular weight excluding hydrogens is 518 g/mol. The Hall–Kier alpha value is -3.30. The number of carbonyl (C=O) groups is 2. The number of thiazole rings is 1. The summed E-state index contributed by atoms with van der Waals surface area (Å²) in [6, 6.07) is 15.2. The van der Waals surface area contributed by atoms with Crippen molar-refractivity contribution in [3.63, 3.8) is 0 Å². The van der Waals surface area contributed by atoms with Crippen LogP contribution in [0.2, 0.25) is 0 Å². The van der Waals surface area contributed by atoms with Crippen LogP contribution in [0.15, 0.2) is 67.6 Å². The smallest absolute Gasteiger partial charge is 0.345 e. The first kappa shape index (κ1) is 22.5. The Morgan fingerprint density at radius 3 is 2.79 bits per heavy atom. The predicted molar refractivity (Wildman–Crippen MR) is 135 cm³/mol. The van der Waals surface area contributed by atoms with E-state index in [0.29, 0.717) is 35.1 Å². The van der Waals surface area contributed by atoms with E-state index in [1.165, 1.54) is 16.9 Å². The highest BCUT2D eigenvalue weighted by atomic mass is 79.9. The first-order valence-electron chi connectivity index (χ1n) is 10.8. The number of fused-ring (bicyclic) bond motifs is 2. The van der Waals surface area contributed by atoms with Crippen molar-refractivity contribution in [1.82, 2.24) is 9.88 Å². The molecule has 0 saturated carbocycles. The maximum atomic E-state index is 12.6. The lowest BCUT2D eigenvalue weighted by Gasteiger charge is -2.28. The van der Waals surface area contributed by atoms with Crippen molar-refractivity contribution in [2.45, 2.75) is 25.8 Å². The third kappa shape index (κ3) is 4.80. The average Bonchev–Trinajstić information content (AvgIpc) is 3.30. The number of nitrogens with one attached hydrogen (secondary N) is 1. The number of hydrogen-bond acceptors (Lipinski definition) is 6. The van der Waals surface area contributed by atoms with Crippen molar-refractivity contribution < 1.29 is 14.0 Å². The van der Waals surface area contributed by atoms with E-state index in [-0.39, 0.29) is 24.7 Å². The van der Waals surface area contributed by atoms with Gasteiger partial charge in [-0.2, -0.15) is 0 Å². The molecule has 1 aliphatic rings. The van der Waals surface area contributed by atoms with E-state index in [1.807, 2.05) is 24.3 Å². The van der Waals surface area contributed by atoms with Crippen molar-refractivity contribution in [3.05, 3.63) is 79.9 Å². The largest absolute Gasteiger partial charge is 0.422 e. The van der Waals surface area contributed by atoms with Gasteiger partial charge in [0.05, 0.1) is 11.3 Å². The van der Waals surface area contributed by atoms with Crippen molar-refractivity contribution >= 4 is 55.2 Å². The number of halogens is 1. The SMILES string of the molecule is O=C(CCC(=O)N1CCc2ccccc2C1)Nc1nc(-c2cc3cc(Br)ccc3oc2=O)cs1. The maximum absolute atomic E-state index is 12.6. The Morgan fingerprint density at radius 2 is 1.94 bits per heavy atom. The predicted octanol–water partition coefficient (Wildman–Crippen LogP) is 4.98. The van der Waals surface area contributed by atoms with Crippen LogP contribution in [0.5, 0.6) is 0 Å². The number of benzene rings is 2. The average molecular weight is 538 g/mol. The van der Waals surface area contributed by atoms with Crippen LogP contribution in [0.1, 0.15) is 24.0 Å². The van der Waals surface area contributed by atoms with Gasteiger partial charge in [-0.25, -0.2) is 9.78 Å². The lowest BCUT2D eigenvalue weighted by molar-refractivity contribution is -0.133. The second kappa shape index (κ2) is 9.52. The number of aromatic nitrogens is 1.